The summed E-state index contributed by atoms with van der Waals surface area (Å²) in [5.74, 6) is 1.95. The topological polar surface area (TPSA) is 54.7 Å². The van der Waals surface area contributed by atoms with Crippen molar-refractivity contribution >= 4 is 11.6 Å². The van der Waals surface area contributed by atoms with Crippen LogP contribution in [0.3, 0.4) is 0 Å². The maximum absolute atomic E-state index is 6.18. The third kappa shape index (κ3) is 2.61. The van der Waals surface area contributed by atoms with Crippen molar-refractivity contribution in [3.8, 4) is 34.3 Å². The van der Waals surface area contributed by atoms with Gasteiger partial charge < -0.3 is 9.40 Å². The maximum Gasteiger partial charge on any atom is 0.174 e. The quantitative estimate of drug-likeness (QED) is 0.548. The van der Waals surface area contributed by atoms with Crippen molar-refractivity contribution in [2.24, 2.45) is 0 Å². The summed E-state index contributed by atoms with van der Waals surface area (Å²) in [6.07, 6.45) is 1.69. The van der Waals surface area contributed by atoms with Crippen LogP contribution in [0.2, 0.25) is 5.02 Å². The number of nitrogens with one attached hydrogen (secondary N) is 1. The van der Waals surface area contributed by atoms with Crippen LogP contribution in [0.4, 0.5) is 0 Å². The fourth-order valence-electron chi connectivity index (χ4n) is 2.61. The molecule has 4 aromatic rings. The second kappa shape index (κ2) is 5.98. The van der Waals surface area contributed by atoms with E-state index in [-0.39, 0.29) is 0 Å². The van der Waals surface area contributed by atoms with Crippen molar-refractivity contribution in [2.45, 2.75) is 6.92 Å². The number of H-pyrrole nitrogens is 1. The molecule has 0 fully saturated rings. The van der Waals surface area contributed by atoms with Crippen LogP contribution in [0, 0.1) is 6.92 Å². The van der Waals surface area contributed by atoms with Crippen LogP contribution in [0.1, 0.15) is 5.69 Å². The van der Waals surface area contributed by atoms with Gasteiger partial charge in [0, 0.05) is 17.5 Å². The number of aromatic nitrogens is 3. The largest absolute Gasteiger partial charge is 0.451 e. The number of nitrogens with zero attached hydrogens (tertiary/aromatic N) is 2. The molecule has 0 aliphatic heterocycles. The van der Waals surface area contributed by atoms with Gasteiger partial charge in [-0.15, -0.1) is 0 Å². The Morgan fingerprint density at radius 3 is 2.50 bits per heavy atom. The normalized spacial score (nSPS) is 10.9. The molecule has 0 amide bonds. The molecule has 1 N–H and O–H groups in total. The molecule has 0 bridgehead atoms. The highest BCUT2D eigenvalue weighted by atomic mass is 35.5. The molecular formula is C19H14ClN3O. The molecule has 0 saturated heterocycles. The first-order valence-corrected chi connectivity index (χ1v) is 7.93. The number of aryl methyl sites for hydroxylation is 1. The number of aromatic amines is 1. The molecule has 3 aromatic heterocycles. The SMILES string of the molecule is Cc1[nH]c(-c2ccc(-c3ncccc3Cl)o2)nc1-c1ccccc1. The van der Waals surface area contributed by atoms with Crippen molar-refractivity contribution in [3.05, 3.63) is 71.5 Å². The van der Waals surface area contributed by atoms with Crippen molar-refractivity contribution in [1.29, 1.82) is 0 Å². The van der Waals surface area contributed by atoms with E-state index in [9.17, 15) is 0 Å². The van der Waals surface area contributed by atoms with Crippen LogP contribution >= 0.6 is 11.6 Å². The molecule has 0 atom stereocenters. The molecular weight excluding hydrogens is 322 g/mol. The van der Waals surface area contributed by atoms with Gasteiger partial charge in [0.15, 0.2) is 17.3 Å². The van der Waals surface area contributed by atoms with E-state index in [2.05, 4.69) is 15.0 Å². The first-order valence-electron chi connectivity index (χ1n) is 7.55. The average molecular weight is 336 g/mol. The summed E-state index contributed by atoms with van der Waals surface area (Å²) >= 11 is 6.18. The molecule has 5 heteroatoms. The minimum atomic E-state index is 0.555. The molecule has 1 aromatic carbocycles. The Kier molecular flexibility index (Phi) is 3.67. The van der Waals surface area contributed by atoms with Gasteiger partial charge in [0.05, 0.1) is 10.7 Å². The number of furan rings is 1. The fourth-order valence-corrected chi connectivity index (χ4v) is 2.83. The maximum atomic E-state index is 6.18. The van der Waals surface area contributed by atoms with Gasteiger partial charge in [0.1, 0.15) is 5.69 Å². The monoisotopic (exact) mass is 335 g/mol. The summed E-state index contributed by atoms with van der Waals surface area (Å²) in [7, 11) is 0. The summed E-state index contributed by atoms with van der Waals surface area (Å²) < 4.78 is 5.90. The highest BCUT2D eigenvalue weighted by Crippen LogP contribution is 2.31. The lowest BCUT2D eigenvalue weighted by Gasteiger charge is -1.98. The zero-order valence-electron chi connectivity index (χ0n) is 13.0. The molecule has 0 aliphatic rings. The molecule has 0 spiro atoms. The van der Waals surface area contributed by atoms with E-state index in [0.29, 0.717) is 28.1 Å². The Labute approximate surface area is 144 Å². The molecule has 0 unspecified atom stereocenters. The molecule has 0 radical (unpaired) electrons. The van der Waals surface area contributed by atoms with Crippen LogP contribution in [0.25, 0.3) is 34.3 Å². The molecule has 3 heterocycles. The van der Waals surface area contributed by atoms with E-state index in [1.54, 1.807) is 18.3 Å². The average Bonchev–Trinajstić information content (AvgIpc) is 3.23. The van der Waals surface area contributed by atoms with Crippen LogP contribution in [-0.4, -0.2) is 15.0 Å². The van der Waals surface area contributed by atoms with Gasteiger partial charge in [-0.05, 0) is 31.2 Å². The first-order chi connectivity index (χ1) is 11.7. The van der Waals surface area contributed by atoms with Crippen molar-refractivity contribution in [2.75, 3.05) is 0 Å². The smallest absolute Gasteiger partial charge is 0.174 e. The highest BCUT2D eigenvalue weighted by molar-refractivity contribution is 6.32. The van der Waals surface area contributed by atoms with E-state index < -0.39 is 0 Å². The Morgan fingerprint density at radius 2 is 1.71 bits per heavy atom. The lowest BCUT2D eigenvalue weighted by atomic mass is 10.1. The summed E-state index contributed by atoms with van der Waals surface area (Å²) in [4.78, 5) is 12.2. The van der Waals surface area contributed by atoms with E-state index in [1.165, 1.54) is 0 Å². The molecule has 0 saturated carbocycles. The molecule has 118 valence electrons. The second-order valence-corrected chi connectivity index (χ2v) is 5.83. The number of hydrogen-bond acceptors (Lipinski definition) is 3. The van der Waals surface area contributed by atoms with Crippen LogP contribution in [0.5, 0.6) is 0 Å². The van der Waals surface area contributed by atoms with E-state index in [0.717, 1.165) is 17.0 Å². The zero-order valence-corrected chi connectivity index (χ0v) is 13.7. The van der Waals surface area contributed by atoms with Gasteiger partial charge in [-0.1, -0.05) is 41.9 Å². The van der Waals surface area contributed by atoms with Crippen molar-refractivity contribution in [1.82, 2.24) is 15.0 Å². The summed E-state index contributed by atoms with van der Waals surface area (Å²) in [6.45, 7) is 2.00. The predicted molar refractivity (Wildman–Crippen MR) is 94.7 cm³/mol. The number of rotatable bonds is 3. The minimum Gasteiger partial charge on any atom is -0.451 e. The highest BCUT2D eigenvalue weighted by Gasteiger charge is 2.15. The summed E-state index contributed by atoms with van der Waals surface area (Å²) in [5.41, 5.74) is 3.60. The molecule has 0 aliphatic carbocycles. The Hall–Kier alpha value is -2.85. The number of hydrogen-bond donors (Lipinski definition) is 1. The number of halogens is 1. The standard InChI is InChI=1S/C19H14ClN3O/c1-12-17(13-6-3-2-4-7-13)23-19(22-12)16-10-9-15(24-16)18-14(20)8-5-11-21-18/h2-11H,1H3,(H,22,23). The molecule has 4 rings (SSSR count). The number of benzene rings is 1. The number of pyridine rings is 1. The van der Waals surface area contributed by atoms with Gasteiger partial charge in [0.2, 0.25) is 0 Å². The Bertz CT molecular complexity index is 989. The second-order valence-electron chi connectivity index (χ2n) is 5.42. The van der Waals surface area contributed by atoms with Gasteiger partial charge in [-0.25, -0.2) is 4.98 Å². The van der Waals surface area contributed by atoms with Gasteiger partial charge in [0.25, 0.3) is 0 Å². The third-order valence-electron chi connectivity index (χ3n) is 3.76. The van der Waals surface area contributed by atoms with Crippen molar-refractivity contribution in [3.63, 3.8) is 0 Å². The lowest BCUT2D eigenvalue weighted by molar-refractivity contribution is 0.590. The van der Waals surface area contributed by atoms with E-state index >= 15 is 0 Å². The summed E-state index contributed by atoms with van der Waals surface area (Å²) in [5, 5.41) is 0.555. The molecule has 4 nitrogen and oxygen atoms in total. The van der Waals surface area contributed by atoms with Gasteiger partial charge in [-0.2, -0.15) is 0 Å². The first kappa shape index (κ1) is 14.7. The Balaban J connectivity index is 1.72. The Morgan fingerprint density at radius 1 is 0.917 bits per heavy atom. The fraction of sp³-hybridized carbons (Fsp3) is 0.0526. The van der Waals surface area contributed by atoms with Crippen LogP contribution in [-0.2, 0) is 0 Å². The van der Waals surface area contributed by atoms with E-state index in [1.807, 2.05) is 49.4 Å². The number of imidazole rings is 1. The van der Waals surface area contributed by atoms with E-state index in [4.69, 9.17) is 16.0 Å². The third-order valence-corrected chi connectivity index (χ3v) is 4.07. The molecule has 24 heavy (non-hydrogen) atoms. The van der Waals surface area contributed by atoms with Gasteiger partial charge in [-0.3, -0.25) is 4.98 Å². The minimum absolute atomic E-state index is 0.555. The van der Waals surface area contributed by atoms with Gasteiger partial charge >= 0.3 is 0 Å². The van der Waals surface area contributed by atoms with Crippen LogP contribution in [0.15, 0.2) is 65.2 Å². The van der Waals surface area contributed by atoms with Crippen LogP contribution < -0.4 is 0 Å². The lowest BCUT2D eigenvalue weighted by Crippen LogP contribution is -1.81. The predicted octanol–water partition coefficient (Wildman–Crippen LogP) is 5.36. The summed E-state index contributed by atoms with van der Waals surface area (Å²) in [6, 6.07) is 17.4. The van der Waals surface area contributed by atoms with Crippen molar-refractivity contribution < 1.29 is 4.42 Å². The zero-order chi connectivity index (χ0) is 16.5.